The molecule has 1 amide bonds. The molecule has 1 N–H and O–H groups in total. The predicted octanol–water partition coefficient (Wildman–Crippen LogP) is 3.82. The third kappa shape index (κ3) is 3.34. The summed E-state index contributed by atoms with van der Waals surface area (Å²) in [7, 11) is 0. The van der Waals surface area contributed by atoms with Gasteiger partial charge in [0.25, 0.3) is 5.91 Å². The van der Waals surface area contributed by atoms with Crippen molar-refractivity contribution >= 4 is 17.5 Å². The van der Waals surface area contributed by atoms with Gasteiger partial charge in [-0.3, -0.25) is 4.79 Å². The molecule has 2 heterocycles. The number of nitrogens with one attached hydrogen (secondary N) is 1. The van der Waals surface area contributed by atoms with E-state index in [1.54, 1.807) is 25.1 Å². The van der Waals surface area contributed by atoms with Gasteiger partial charge in [0, 0.05) is 23.7 Å². The van der Waals surface area contributed by atoms with Crippen LogP contribution in [-0.4, -0.2) is 25.2 Å². The lowest BCUT2D eigenvalue weighted by Crippen LogP contribution is -2.31. The molecule has 1 aromatic carbocycles. The lowest BCUT2D eigenvalue weighted by Gasteiger charge is -2.10. The van der Waals surface area contributed by atoms with Crippen molar-refractivity contribution in [1.29, 1.82) is 0 Å². The first-order valence-corrected chi connectivity index (χ1v) is 7.77. The van der Waals surface area contributed by atoms with E-state index in [1.165, 1.54) is 0 Å². The summed E-state index contributed by atoms with van der Waals surface area (Å²) < 4.78 is 11.2. The normalized spacial score (nSPS) is 17.6. The summed E-state index contributed by atoms with van der Waals surface area (Å²) >= 11 is 5.88. The lowest BCUT2D eigenvalue weighted by molar-refractivity contribution is 0.0856. The fraction of sp³-hybridized carbons (Fsp3) is 0.353. The van der Waals surface area contributed by atoms with Crippen molar-refractivity contribution in [2.75, 3.05) is 13.2 Å². The van der Waals surface area contributed by atoms with Crippen LogP contribution >= 0.6 is 11.6 Å². The van der Waals surface area contributed by atoms with Crippen LogP contribution in [0.25, 0.3) is 11.3 Å². The number of ether oxygens (including phenoxy) is 1. The molecule has 0 bridgehead atoms. The zero-order valence-electron chi connectivity index (χ0n) is 12.4. The maximum absolute atomic E-state index is 12.3. The second-order valence-corrected chi connectivity index (χ2v) is 5.87. The highest BCUT2D eigenvalue weighted by atomic mass is 35.5. The van der Waals surface area contributed by atoms with E-state index < -0.39 is 0 Å². The summed E-state index contributed by atoms with van der Waals surface area (Å²) in [6, 6.07) is 9.10. The molecule has 116 valence electrons. The van der Waals surface area contributed by atoms with Crippen molar-refractivity contribution in [3.8, 4) is 11.3 Å². The number of rotatable bonds is 4. The Morgan fingerprint density at radius 2 is 2.14 bits per heavy atom. The molecule has 5 heteroatoms. The van der Waals surface area contributed by atoms with Gasteiger partial charge < -0.3 is 14.5 Å². The zero-order chi connectivity index (χ0) is 15.5. The van der Waals surface area contributed by atoms with E-state index in [0.29, 0.717) is 28.7 Å². The molecule has 3 rings (SSSR count). The van der Waals surface area contributed by atoms with Crippen molar-refractivity contribution in [2.24, 2.45) is 0 Å². The average molecular weight is 320 g/mol. The second-order valence-electron chi connectivity index (χ2n) is 5.43. The first kappa shape index (κ1) is 15.1. The molecule has 0 aliphatic carbocycles. The fourth-order valence-corrected chi connectivity index (χ4v) is 2.70. The molecule has 4 nitrogen and oxygen atoms in total. The van der Waals surface area contributed by atoms with Gasteiger partial charge in [-0.25, -0.2) is 0 Å². The molecule has 1 aliphatic rings. The Hall–Kier alpha value is -1.78. The topological polar surface area (TPSA) is 51.5 Å². The molecule has 0 unspecified atom stereocenters. The quantitative estimate of drug-likeness (QED) is 0.932. The first-order valence-electron chi connectivity index (χ1n) is 7.39. The highest BCUT2D eigenvalue weighted by molar-refractivity contribution is 6.30. The minimum absolute atomic E-state index is 0.128. The summed E-state index contributed by atoms with van der Waals surface area (Å²) in [5.74, 6) is 1.14. The first-order chi connectivity index (χ1) is 10.6. The zero-order valence-corrected chi connectivity index (χ0v) is 13.2. The van der Waals surface area contributed by atoms with Gasteiger partial charge in [-0.15, -0.1) is 0 Å². The number of carbonyl (C=O) groups excluding carboxylic acids is 1. The predicted molar refractivity (Wildman–Crippen MR) is 85.2 cm³/mol. The van der Waals surface area contributed by atoms with Crippen molar-refractivity contribution in [3.05, 3.63) is 46.7 Å². The van der Waals surface area contributed by atoms with Crippen molar-refractivity contribution < 1.29 is 13.9 Å². The SMILES string of the molecule is Cc1oc(-c2ccc(Cl)cc2)cc1C(=O)NC[C@H]1CCCO1. The Balaban J connectivity index is 1.71. The van der Waals surface area contributed by atoms with Gasteiger partial charge in [0.15, 0.2) is 0 Å². The van der Waals surface area contributed by atoms with Gasteiger partial charge >= 0.3 is 0 Å². The maximum atomic E-state index is 12.3. The van der Waals surface area contributed by atoms with E-state index in [4.69, 9.17) is 20.8 Å². The Morgan fingerprint density at radius 3 is 2.82 bits per heavy atom. The highest BCUT2D eigenvalue weighted by Gasteiger charge is 2.19. The van der Waals surface area contributed by atoms with Crippen LogP contribution in [0, 0.1) is 6.92 Å². The second kappa shape index (κ2) is 6.55. The molecule has 1 aliphatic heterocycles. The highest BCUT2D eigenvalue weighted by Crippen LogP contribution is 2.26. The third-order valence-electron chi connectivity index (χ3n) is 3.81. The van der Waals surface area contributed by atoms with Crippen LogP contribution in [-0.2, 0) is 4.74 Å². The average Bonchev–Trinajstić information content (AvgIpc) is 3.15. The smallest absolute Gasteiger partial charge is 0.254 e. The number of furan rings is 1. The molecule has 1 fully saturated rings. The Morgan fingerprint density at radius 1 is 1.36 bits per heavy atom. The molecule has 0 saturated carbocycles. The summed E-state index contributed by atoms with van der Waals surface area (Å²) in [5.41, 5.74) is 1.45. The van der Waals surface area contributed by atoms with Crippen LogP contribution in [0.5, 0.6) is 0 Å². The minimum atomic E-state index is -0.128. The maximum Gasteiger partial charge on any atom is 0.254 e. The molecule has 1 saturated heterocycles. The Labute approximate surface area is 134 Å². The Kier molecular flexibility index (Phi) is 4.50. The van der Waals surface area contributed by atoms with Gasteiger partial charge in [0.2, 0.25) is 0 Å². The Bertz CT molecular complexity index is 657. The van der Waals surface area contributed by atoms with Crippen molar-refractivity contribution in [1.82, 2.24) is 5.32 Å². The summed E-state index contributed by atoms with van der Waals surface area (Å²) in [6.45, 7) is 3.12. The lowest BCUT2D eigenvalue weighted by atomic mass is 10.1. The van der Waals surface area contributed by atoms with E-state index in [0.717, 1.165) is 25.0 Å². The van der Waals surface area contributed by atoms with E-state index >= 15 is 0 Å². The molecule has 0 spiro atoms. The van der Waals surface area contributed by atoms with Gasteiger partial charge in [-0.05, 0) is 50.1 Å². The molecular weight excluding hydrogens is 302 g/mol. The molecule has 1 aromatic heterocycles. The number of benzene rings is 1. The third-order valence-corrected chi connectivity index (χ3v) is 4.06. The molecule has 22 heavy (non-hydrogen) atoms. The summed E-state index contributed by atoms with van der Waals surface area (Å²) in [5, 5.41) is 3.58. The molecule has 2 aromatic rings. The van der Waals surface area contributed by atoms with Crippen LogP contribution in [0.3, 0.4) is 0 Å². The fourth-order valence-electron chi connectivity index (χ4n) is 2.57. The monoisotopic (exact) mass is 319 g/mol. The van der Waals surface area contributed by atoms with Gasteiger partial charge in [-0.1, -0.05) is 11.6 Å². The summed E-state index contributed by atoms with van der Waals surface area (Å²) in [6.07, 6.45) is 2.19. The molecule has 1 atom stereocenters. The van der Waals surface area contributed by atoms with E-state index in [2.05, 4.69) is 5.32 Å². The number of hydrogen-bond donors (Lipinski definition) is 1. The van der Waals surface area contributed by atoms with Crippen LogP contribution in [0.1, 0.15) is 29.0 Å². The largest absolute Gasteiger partial charge is 0.461 e. The van der Waals surface area contributed by atoms with E-state index in [-0.39, 0.29) is 12.0 Å². The number of amides is 1. The van der Waals surface area contributed by atoms with Crippen LogP contribution < -0.4 is 5.32 Å². The van der Waals surface area contributed by atoms with Crippen LogP contribution in [0.2, 0.25) is 5.02 Å². The number of halogens is 1. The summed E-state index contributed by atoms with van der Waals surface area (Å²) in [4.78, 5) is 12.3. The standard InChI is InChI=1S/C17H18ClNO3/c1-11-15(17(20)19-10-14-3-2-8-21-14)9-16(22-11)12-4-6-13(18)7-5-12/h4-7,9,14H,2-3,8,10H2,1H3,(H,19,20)/t14-/m1/s1. The van der Waals surface area contributed by atoms with E-state index in [9.17, 15) is 4.79 Å². The van der Waals surface area contributed by atoms with Gasteiger partial charge in [0.05, 0.1) is 11.7 Å². The van der Waals surface area contributed by atoms with Crippen LogP contribution in [0.4, 0.5) is 0 Å². The van der Waals surface area contributed by atoms with Crippen LogP contribution in [0.15, 0.2) is 34.7 Å². The van der Waals surface area contributed by atoms with Crippen molar-refractivity contribution in [2.45, 2.75) is 25.9 Å². The van der Waals surface area contributed by atoms with Crippen molar-refractivity contribution in [3.63, 3.8) is 0 Å². The number of aryl methyl sites for hydroxylation is 1. The molecule has 0 radical (unpaired) electrons. The number of carbonyl (C=O) groups is 1. The van der Waals surface area contributed by atoms with Gasteiger partial charge in [-0.2, -0.15) is 0 Å². The number of hydrogen-bond acceptors (Lipinski definition) is 3. The van der Waals surface area contributed by atoms with Gasteiger partial charge in [0.1, 0.15) is 11.5 Å². The van der Waals surface area contributed by atoms with E-state index in [1.807, 2.05) is 12.1 Å². The molecular formula is C17H18ClNO3. The minimum Gasteiger partial charge on any atom is -0.461 e.